The maximum Gasteiger partial charge on any atom is 0.330 e. The van der Waals surface area contributed by atoms with E-state index in [1.54, 1.807) is 35.4 Å². The van der Waals surface area contributed by atoms with Gasteiger partial charge < -0.3 is 9.64 Å². The van der Waals surface area contributed by atoms with Gasteiger partial charge in [-0.15, -0.1) is 11.8 Å². The van der Waals surface area contributed by atoms with Gasteiger partial charge in [-0.3, -0.25) is 14.0 Å². The molecule has 0 aliphatic carbocycles. The fourth-order valence-corrected chi connectivity index (χ4v) is 6.24. The lowest BCUT2D eigenvalue weighted by Crippen LogP contribution is -2.46. The van der Waals surface area contributed by atoms with E-state index in [-0.39, 0.29) is 23.9 Å². The zero-order valence-electron chi connectivity index (χ0n) is 16.7. The molecule has 0 N–H and O–H groups in total. The van der Waals surface area contributed by atoms with E-state index in [4.69, 9.17) is 4.74 Å². The number of esters is 1. The van der Waals surface area contributed by atoms with Gasteiger partial charge in [0.15, 0.2) is 0 Å². The number of fused-ring (bicyclic) bond motifs is 2. The van der Waals surface area contributed by atoms with Crippen LogP contribution in [0.1, 0.15) is 24.1 Å². The molecule has 164 valence electrons. The molecule has 0 unspecified atom stereocenters. The second-order valence-electron chi connectivity index (χ2n) is 7.65. The number of pyridine rings is 1. The van der Waals surface area contributed by atoms with Crippen LogP contribution in [0.25, 0.3) is 5.65 Å². The quantitative estimate of drug-likeness (QED) is 0.494. The van der Waals surface area contributed by atoms with Crippen molar-refractivity contribution < 1.29 is 18.7 Å². The van der Waals surface area contributed by atoms with Gasteiger partial charge in [0, 0.05) is 28.9 Å². The topological polar surface area (TPSA) is 81.0 Å². The van der Waals surface area contributed by atoms with Gasteiger partial charge in [0.25, 0.3) is 5.56 Å². The Bertz CT molecular complexity index is 1300. The molecule has 2 fully saturated rings. The molecule has 32 heavy (non-hydrogen) atoms. The summed E-state index contributed by atoms with van der Waals surface area (Å²) in [6, 6.07) is 10.1. The second-order valence-corrected chi connectivity index (χ2v) is 9.86. The Morgan fingerprint density at radius 2 is 2.03 bits per heavy atom. The molecular weight excluding hydrogens is 501 g/mol. The molecule has 2 aliphatic heterocycles. The van der Waals surface area contributed by atoms with Gasteiger partial charge in [-0.2, -0.15) is 0 Å². The smallest absolute Gasteiger partial charge is 0.330 e. The first-order valence-corrected chi connectivity index (χ1v) is 11.7. The zero-order chi connectivity index (χ0) is 22.5. The highest BCUT2D eigenvalue weighted by molar-refractivity contribution is 9.10. The minimum atomic E-state index is -0.752. The van der Waals surface area contributed by atoms with Crippen molar-refractivity contribution in [3.63, 3.8) is 0 Å². The Kier molecular flexibility index (Phi) is 5.29. The summed E-state index contributed by atoms with van der Waals surface area (Å²) in [7, 11) is 0. The molecule has 2 aromatic heterocycles. The Morgan fingerprint density at radius 1 is 1.25 bits per heavy atom. The SMILES string of the molecule is O=C(OCc1cc(=O)n2cc(Br)ccc2n1)[C@@H]1CS[C@@]2(c3ccc(F)cc3)CCC(=O)N12. The highest BCUT2D eigenvalue weighted by Crippen LogP contribution is 2.54. The second kappa shape index (κ2) is 8.00. The minimum absolute atomic E-state index is 0.131. The van der Waals surface area contributed by atoms with Crippen molar-refractivity contribution in [1.82, 2.24) is 14.3 Å². The average Bonchev–Trinajstić information content (AvgIpc) is 3.32. The van der Waals surface area contributed by atoms with Crippen LogP contribution in [0.2, 0.25) is 0 Å². The molecule has 10 heteroatoms. The molecule has 0 saturated carbocycles. The number of amides is 1. The molecule has 4 heterocycles. The third kappa shape index (κ3) is 3.51. The predicted molar refractivity (Wildman–Crippen MR) is 119 cm³/mol. The normalized spacial score (nSPS) is 22.4. The average molecular weight is 518 g/mol. The Balaban J connectivity index is 1.36. The van der Waals surface area contributed by atoms with Crippen LogP contribution in [0.15, 0.2) is 57.9 Å². The molecule has 7 nitrogen and oxygen atoms in total. The van der Waals surface area contributed by atoms with E-state index >= 15 is 0 Å². The summed E-state index contributed by atoms with van der Waals surface area (Å²) in [6.45, 7) is -0.173. The first kappa shape index (κ1) is 21.1. The lowest BCUT2D eigenvalue weighted by molar-refractivity contribution is -0.155. The zero-order valence-corrected chi connectivity index (χ0v) is 19.1. The summed E-state index contributed by atoms with van der Waals surface area (Å²) in [6.07, 6.45) is 2.47. The highest BCUT2D eigenvalue weighted by Gasteiger charge is 2.57. The van der Waals surface area contributed by atoms with Crippen molar-refractivity contribution in [2.24, 2.45) is 0 Å². The monoisotopic (exact) mass is 517 g/mol. The van der Waals surface area contributed by atoms with Crippen LogP contribution in [0.4, 0.5) is 4.39 Å². The Morgan fingerprint density at radius 3 is 2.81 bits per heavy atom. The van der Waals surface area contributed by atoms with Gasteiger partial charge >= 0.3 is 5.97 Å². The minimum Gasteiger partial charge on any atom is -0.458 e. The van der Waals surface area contributed by atoms with Gasteiger partial charge in [0.1, 0.15) is 29.0 Å². The van der Waals surface area contributed by atoms with Crippen molar-refractivity contribution in [2.45, 2.75) is 30.4 Å². The summed E-state index contributed by atoms with van der Waals surface area (Å²) in [5.74, 6) is -0.654. The number of halogens is 2. The number of rotatable bonds is 4. The molecule has 0 spiro atoms. The lowest BCUT2D eigenvalue weighted by atomic mass is 10.0. The van der Waals surface area contributed by atoms with Crippen molar-refractivity contribution in [3.05, 3.63) is 80.6 Å². The van der Waals surface area contributed by atoms with Gasteiger partial charge in [-0.05, 0) is 52.2 Å². The molecular formula is C22H17BrFN3O4S. The highest BCUT2D eigenvalue weighted by atomic mass is 79.9. The molecule has 3 aromatic rings. The number of ether oxygens (including phenoxy) is 1. The van der Waals surface area contributed by atoms with Crippen LogP contribution in [-0.4, -0.2) is 38.0 Å². The van der Waals surface area contributed by atoms with Crippen LogP contribution < -0.4 is 5.56 Å². The number of carbonyl (C=O) groups excluding carboxylic acids is 2. The van der Waals surface area contributed by atoms with E-state index in [2.05, 4.69) is 20.9 Å². The lowest BCUT2D eigenvalue weighted by Gasteiger charge is -2.33. The molecule has 1 amide bonds. The third-order valence-corrected chi connectivity index (χ3v) is 7.80. The number of thioether (sulfide) groups is 1. The maximum absolute atomic E-state index is 13.4. The summed E-state index contributed by atoms with van der Waals surface area (Å²) in [5, 5.41) is 0. The van der Waals surface area contributed by atoms with Crippen molar-refractivity contribution in [3.8, 4) is 0 Å². The summed E-state index contributed by atoms with van der Waals surface area (Å²) < 4.78 is 21.0. The molecule has 1 aromatic carbocycles. The van der Waals surface area contributed by atoms with E-state index in [1.165, 1.54) is 34.4 Å². The van der Waals surface area contributed by atoms with Crippen LogP contribution >= 0.6 is 27.7 Å². The molecule has 0 radical (unpaired) electrons. The number of hydrogen-bond donors (Lipinski definition) is 0. The Hall–Kier alpha value is -2.72. The van der Waals surface area contributed by atoms with Crippen LogP contribution in [0, 0.1) is 5.82 Å². The van der Waals surface area contributed by atoms with E-state index in [1.807, 2.05) is 0 Å². The molecule has 5 rings (SSSR count). The summed E-state index contributed by atoms with van der Waals surface area (Å²) in [5.41, 5.74) is 1.27. The molecule has 0 bridgehead atoms. The van der Waals surface area contributed by atoms with Crippen LogP contribution in [-0.2, 0) is 25.8 Å². The van der Waals surface area contributed by atoms with E-state index in [9.17, 15) is 18.8 Å². The van der Waals surface area contributed by atoms with E-state index in [0.717, 1.165) is 10.0 Å². The third-order valence-electron chi connectivity index (χ3n) is 5.73. The molecule has 2 atom stereocenters. The largest absolute Gasteiger partial charge is 0.458 e. The summed E-state index contributed by atoms with van der Waals surface area (Å²) in [4.78, 5) is 43.2. The molecule has 2 saturated heterocycles. The fourth-order valence-electron chi connectivity index (χ4n) is 4.27. The number of carbonyl (C=O) groups is 2. The maximum atomic E-state index is 13.4. The first-order valence-electron chi connectivity index (χ1n) is 9.94. The summed E-state index contributed by atoms with van der Waals surface area (Å²) >= 11 is 4.81. The standard InChI is InChI=1S/C22H17BrFN3O4S/c23-14-3-6-18-25-16(9-20(29)26(18)10-14)11-31-21(30)17-12-32-22(8-7-19(28)27(17)22)13-1-4-15(24)5-2-13/h1-6,9-10,17H,7-8,11-12H2/t17-,22+/m0/s1. The van der Waals surface area contributed by atoms with Crippen LogP contribution in [0.3, 0.4) is 0 Å². The van der Waals surface area contributed by atoms with Crippen LogP contribution in [0.5, 0.6) is 0 Å². The predicted octanol–water partition coefficient (Wildman–Crippen LogP) is 3.23. The fraction of sp³-hybridized carbons (Fsp3) is 0.273. The number of benzene rings is 1. The van der Waals surface area contributed by atoms with Gasteiger partial charge in [0.2, 0.25) is 5.91 Å². The number of hydrogen-bond acceptors (Lipinski definition) is 6. The van der Waals surface area contributed by atoms with Crippen molar-refractivity contribution in [2.75, 3.05) is 5.75 Å². The Labute approximate surface area is 194 Å². The van der Waals surface area contributed by atoms with Gasteiger partial charge in [-0.1, -0.05) is 12.1 Å². The van der Waals surface area contributed by atoms with Gasteiger partial charge in [0.05, 0.1) is 5.69 Å². The van der Waals surface area contributed by atoms with E-state index < -0.39 is 16.9 Å². The number of aromatic nitrogens is 2. The van der Waals surface area contributed by atoms with Crippen molar-refractivity contribution >= 4 is 45.2 Å². The number of nitrogens with zero attached hydrogens (tertiary/aromatic N) is 3. The van der Waals surface area contributed by atoms with E-state index in [0.29, 0.717) is 29.9 Å². The van der Waals surface area contributed by atoms with Crippen molar-refractivity contribution in [1.29, 1.82) is 0 Å². The first-order chi connectivity index (χ1) is 15.4. The molecule has 2 aliphatic rings. The van der Waals surface area contributed by atoms with Gasteiger partial charge in [-0.25, -0.2) is 14.2 Å².